The summed E-state index contributed by atoms with van der Waals surface area (Å²) in [5, 5.41) is 18.5. The maximum absolute atomic E-state index is 11.1. The van der Waals surface area contributed by atoms with Crippen LogP contribution in [0.2, 0.25) is 0 Å². The van der Waals surface area contributed by atoms with Crippen LogP contribution in [-0.2, 0) is 11.3 Å². The highest BCUT2D eigenvalue weighted by Gasteiger charge is 2.25. The summed E-state index contributed by atoms with van der Waals surface area (Å²) >= 11 is 0. The fraction of sp³-hybridized carbons (Fsp3) is 0.750. The minimum Gasteiger partial charge on any atom is -0.381 e. The molecule has 1 aliphatic rings. The summed E-state index contributed by atoms with van der Waals surface area (Å²) in [5.74, 6) is 0.921. The van der Waals surface area contributed by atoms with Gasteiger partial charge in [0.15, 0.2) is 0 Å². The molecule has 7 nitrogen and oxygen atoms in total. The third kappa shape index (κ3) is 3.04. The highest BCUT2D eigenvalue weighted by molar-refractivity contribution is 5.59. The topological polar surface area (TPSA) is 82.2 Å². The van der Waals surface area contributed by atoms with E-state index in [-0.39, 0.29) is 10.6 Å². The first kappa shape index (κ1) is 13.8. The number of hydrogen-bond acceptors (Lipinski definition) is 5. The van der Waals surface area contributed by atoms with Crippen molar-refractivity contribution in [2.45, 2.75) is 33.2 Å². The van der Waals surface area contributed by atoms with E-state index in [2.05, 4.69) is 10.4 Å². The van der Waals surface area contributed by atoms with Crippen LogP contribution in [0, 0.1) is 23.0 Å². The van der Waals surface area contributed by atoms with Gasteiger partial charge in [0, 0.05) is 19.7 Å². The van der Waals surface area contributed by atoms with E-state index in [4.69, 9.17) is 4.74 Å². The molecule has 19 heavy (non-hydrogen) atoms. The van der Waals surface area contributed by atoms with E-state index >= 15 is 0 Å². The second kappa shape index (κ2) is 6.01. The maximum Gasteiger partial charge on any atom is 0.333 e. The number of rotatable bonds is 5. The Morgan fingerprint density at radius 2 is 2.42 bits per heavy atom. The first-order valence-electron chi connectivity index (χ1n) is 6.66. The number of nitro groups is 1. The zero-order valence-corrected chi connectivity index (χ0v) is 11.4. The van der Waals surface area contributed by atoms with E-state index in [1.807, 2.05) is 6.92 Å². The van der Waals surface area contributed by atoms with Gasteiger partial charge in [-0.15, -0.1) is 0 Å². The Hall–Kier alpha value is -1.63. The van der Waals surface area contributed by atoms with Crippen LogP contribution in [0.4, 0.5) is 11.5 Å². The van der Waals surface area contributed by atoms with Crippen LogP contribution in [0.5, 0.6) is 0 Å². The van der Waals surface area contributed by atoms with Crippen molar-refractivity contribution in [3.05, 3.63) is 15.8 Å². The Labute approximate surface area is 112 Å². The first-order chi connectivity index (χ1) is 9.13. The van der Waals surface area contributed by atoms with Crippen LogP contribution < -0.4 is 5.32 Å². The lowest BCUT2D eigenvalue weighted by molar-refractivity contribution is -0.384. The van der Waals surface area contributed by atoms with Crippen molar-refractivity contribution in [3.8, 4) is 0 Å². The van der Waals surface area contributed by atoms with Gasteiger partial charge in [0.1, 0.15) is 5.69 Å². The van der Waals surface area contributed by atoms with E-state index in [1.54, 1.807) is 11.6 Å². The van der Waals surface area contributed by atoms with Crippen LogP contribution >= 0.6 is 0 Å². The van der Waals surface area contributed by atoms with Gasteiger partial charge in [0.25, 0.3) is 0 Å². The molecule has 0 spiro atoms. The number of anilines is 1. The van der Waals surface area contributed by atoms with E-state index in [0.29, 0.717) is 30.5 Å². The third-order valence-corrected chi connectivity index (χ3v) is 3.39. The van der Waals surface area contributed by atoms with Crippen molar-refractivity contribution in [2.75, 3.05) is 25.1 Å². The van der Waals surface area contributed by atoms with Gasteiger partial charge in [0.05, 0.1) is 11.5 Å². The molecule has 7 heteroatoms. The molecule has 0 amide bonds. The molecule has 1 aromatic heterocycles. The predicted molar refractivity (Wildman–Crippen MR) is 71.3 cm³/mol. The fourth-order valence-corrected chi connectivity index (χ4v) is 2.40. The average Bonchev–Trinajstić information content (AvgIpc) is 2.73. The Kier molecular flexibility index (Phi) is 4.36. The van der Waals surface area contributed by atoms with Gasteiger partial charge in [0.2, 0.25) is 5.82 Å². The fourth-order valence-electron chi connectivity index (χ4n) is 2.40. The molecule has 1 N–H and O–H groups in total. The van der Waals surface area contributed by atoms with Crippen molar-refractivity contribution >= 4 is 11.5 Å². The second-order valence-corrected chi connectivity index (χ2v) is 4.82. The zero-order chi connectivity index (χ0) is 13.8. The minimum absolute atomic E-state index is 0.0820. The van der Waals surface area contributed by atoms with E-state index in [1.165, 1.54) is 0 Å². The molecule has 2 heterocycles. The number of aromatic nitrogens is 2. The summed E-state index contributed by atoms with van der Waals surface area (Å²) in [6.45, 7) is 6.43. The molecule has 0 aromatic carbocycles. The number of nitrogens with one attached hydrogen (secondary N) is 1. The lowest BCUT2D eigenvalue weighted by Crippen LogP contribution is -2.25. The van der Waals surface area contributed by atoms with Crippen molar-refractivity contribution < 1.29 is 9.66 Å². The molecular formula is C12H20N4O3. The van der Waals surface area contributed by atoms with Crippen molar-refractivity contribution in [3.63, 3.8) is 0 Å². The Morgan fingerprint density at radius 3 is 3.00 bits per heavy atom. The molecule has 0 saturated carbocycles. The summed E-state index contributed by atoms with van der Waals surface area (Å²) in [4.78, 5) is 10.7. The Bertz CT molecular complexity index is 452. The van der Waals surface area contributed by atoms with E-state index < -0.39 is 0 Å². The molecule has 1 saturated heterocycles. The summed E-state index contributed by atoms with van der Waals surface area (Å²) in [6.07, 6.45) is 2.15. The molecule has 0 radical (unpaired) electrons. The van der Waals surface area contributed by atoms with E-state index in [0.717, 1.165) is 26.1 Å². The third-order valence-electron chi connectivity index (χ3n) is 3.39. The van der Waals surface area contributed by atoms with Crippen LogP contribution in [-0.4, -0.2) is 34.5 Å². The van der Waals surface area contributed by atoms with Gasteiger partial charge in [-0.25, -0.2) is 4.68 Å². The van der Waals surface area contributed by atoms with Crippen LogP contribution in [0.3, 0.4) is 0 Å². The highest BCUT2D eigenvalue weighted by Crippen LogP contribution is 2.28. The normalized spacial score (nSPS) is 19.4. The molecule has 1 aromatic rings. The molecular weight excluding hydrogens is 248 g/mol. The molecule has 106 valence electrons. The van der Waals surface area contributed by atoms with Crippen LogP contribution in [0.25, 0.3) is 0 Å². The van der Waals surface area contributed by atoms with Gasteiger partial charge >= 0.3 is 5.69 Å². The quantitative estimate of drug-likeness (QED) is 0.652. The number of aryl methyl sites for hydroxylation is 2. The van der Waals surface area contributed by atoms with Crippen molar-refractivity contribution in [1.29, 1.82) is 0 Å². The molecule has 0 aliphatic carbocycles. The molecule has 1 atom stereocenters. The largest absolute Gasteiger partial charge is 0.381 e. The second-order valence-electron chi connectivity index (χ2n) is 4.82. The molecule has 2 rings (SSSR count). The van der Waals surface area contributed by atoms with E-state index in [9.17, 15) is 10.1 Å². The molecule has 1 fully saturated rings. The molecule has 1 aliphatic heterocycles. The smallest absolute Gasteiger partial charge is 0.333 e. The van der Waals surface area contributed by atoms with Crippen LogP contribution in [0.15, 0.2) is 0 Å². The van der Waals surface area contributed by atoms with Gasteiger partial charge in [-0.2, -0.15) is 5.10 Å². The van der Waals surface area contributed by atoms with Gasteiger partial charge in [-0.05, 0) is 32.6 Å². The first-order valence-corrected chi connectivity index (χ1v) is 6.66. The number of nitrogens with zero attached hydrogens (tertiary/aromatic N) is 3. The zero-order valence-electron chi connectivity index (χ0n) is 11.4. The number of hydrogen-bond donors (Lipinski definition) is 1. The molecule has 0 bridgehead atoms. The van der Waals surface area contributed by atoms with Gasteiger partial charge in [-0.1, -0.05) is 0 Å². The highest BCUT2D eigenvalue weighted by atomic mass is 16.6. The average molecular weight is 268 g/mol. The monoisotopic (exact) mass is 268 g/mol. The number of ether oxygens (including phenoxy) is 1. The Morgan fingerprint density at radius 1 is 1.63 bits per heavy atom. The summed E-state index contributed by atoms with van der Waals surface area (Å²) in [5.41, 5.74) is 0.535. The van der Waals surface area contributed by atoms with Gasteiger partial charge in [-0.3, -0.25) is 10.1 Å². The SMILES string of the molecule is CCn1nc(C)c([N+](=O)[O-])c1NCC1CCCOC1. The Balaban J connectivity index is 2.11. The summed E-state index contributed by atoms with van der Waals surface area (Å²) in [6, 6.07) is 0. The van der Waals surface area contributed by atoms with Crippen molar-refractivity contribution in [2.24, 2.45) is 5.92 Å². The minimum atomic E-state index is -0.367. The van der Waals surface area contributed by atoms with Gasteiger partial charge < -0.3 is 10.1 Å². The van der Waals surface area contributed by atoms with Crippen molar-refractivity contribution in [1.82, 2.24) is 9.78 Å². The standard InChI is InChI=1S/C12H20N4O3/c1-3-15-12(11(16(17)18)9(2)14-15)13-7-10-5-4-6-19-8-10/h10,13H,3-8H2,1-2H3. The summed E-state index contributed by atoms with van der Waals surface area (Å²) < 4.78 is 7.06. The lowest BCUT2D eigenvalue weighted by atomic mass is 10.0. The van der Waals surface area contributed by atoms with Crippen LogP contribution in [0.1, 0.15) is 25.5 Å². The molecule has 1 unspecified atom stereocenters. The summed E-state index contributed by atoms with van der Waals surface area (Å²) in [7, 11) is 0. The maximum atomic E-state index is 11.1. The predicted octanol–water partition coefficient (Wildman–Crippen LogP) is 1.96. The lowest BCUT2D eigenvalue weighted by Gasteiger charge is -2.22.